The average molecular weight is 353 g/mol. The highest BCUT2D eigenvalue weighted by Crippen LogP contribution is 2.33. The van der Waals surface area contributed by atoms with E-state index in [4.69, 9.17) is 0 Å². The fourth-order valence-corrected chi connectivity index (χ4v) is 5.74. The van der Waals surface area contributed by atoms with Crippen LogP contribution in [0.3, 0.4) is 0 Å². The maximum atomic E-state index is 12.8. The fourth-order valence-electron chi connectivity index (χ4n) is 2.86. The molecule has 1 aliphatic rings. The molecule has 1 N–H and O–H groups in total. The highest BCUT2D eigenvalue weighted by molar-refractivity contribution is 7.91. The highest BCUT2D eigenvalue weighted by atomic mass is 32.2. The van der Waals surface area contributed by atoms with Crippen LogP contribution < -0.4 is 5.56 Å². The van der Waals surface area contributed by atoms with Gasteiger partial charge in [0, 0.05) is 19.2 Å². The van der Waals surface area contributed by atoms with E-state index in [-0.39, 0.29) is 11.6 Å². The van der Waals surface area contributed by atoms with Crippen molar-refractivity contribution < 1.29 is 8.42 Å². The highest BCUT2D eigenvalue weighted by Gasteiger charge is 2.30. The molecule has 0 unspecified atom stereocenters. The first-order valence-corrected chi connectivity index (χ1v) is 9.88. The van der Waals surface area contributed by atoms with Crippen molar-refractivity contribution in [3.05, 3.63) is 34.6 Å². The second kappa shape index (κ2) is 6.54. The molecule has 23 heavy (non-hydrogen) atoms. The Labute approximate surface area is 139 Å². The summed E-state index contributed by atoms with van der Waals surface area (Å²) in [5.74, 6) is 0. The van der Waals surface area contributed by atoms with Crippen molar-refractivity contribution in [3.8, 4) is 10.6 Å². The summed E-state index contributed by atoms with van der Waals surface area (Å²) < 4.78 is 27.4. The lowest BCUT2D eigenvalue weighted by atomic mass is 9.96. The van der Waals surface area contributed by atoms with Gasteiger partial charge < -0.3 is 0 Å². The third-order valence-electron chi connectivity index (χ3n) is 4.24. The zero-order chi connectivity index (χ0) is 16.4. The molecule has 3 rings (SSSR count). The molecule has 8 heteroatoms. The summed E-state index contributed by atoms with van der Waals surface area (Å²) in [5.41, 5.74) is 0.284. The number of aromatic amines is 1. The number of hydrogen-bond donors (Lipinski definition) is 1. The quantitative estimate of drug-likeness (QED) is 0.915. The van der Waals surface area contributed by atoms with Crippen molar-refractivity contribution in [2.24, 2.45) is 0 Å². The maximum absolute atomic E-state index is 12.8. The summed E-state index contributed by atoms with van der Waals surface area (Å²) in [5, 5.41) is 6.31. The van der Waals surface area contributed by atoms with Crippen LogP contribution in [0.4, 0.5) is 0 Å². The monoisotopic (exact) mass is 353 g/mol. The van der Waals surface area contributed by atoms with Gasteiger partial charge in [-0.3, -0.25) is 4.79 Å². The molecule has 1 fully saturated rings. The lowest BCUT2D eigenvalue weighted by molar-refractivity contribution is 0.286. The first-order valence-electron chi connectivity index (χ1n) is 7.62. The number of nitrogens with zero attached hydrogens (tertiary/aromatic N) is 2. The van der Waals surface area contributed by atoms with Crippen molar-refractivity contribution in [3.63, 3.8) is 0 Å². The molecule has 0 amide bonds. The molecule has 1 aliphatic carbocycles. The van der Waals surface area contributed by atoms with Crippen LogP contribution in [0, 0.1) is 0 Å². The van der Waals surface area contributed by atoms with E-state index in [2.05, 4.69) is 10.2 Å². The van der Waals surface area contributed by atoms with E-state index in [1.165, 1.54) is 28.1 Å². The third kappa shape index (κ3) is 3.39. The predicted molar refractivity (Wildman–Crippen MR) is 90.0 cm³/mol. The number of hydrogen-bond acceptors (Lipinski definition) is 5. The number of nitrogens with one attached hydrogen (secondary N) is 1. The van der Waals surface area contributed by atoms with Gasteiger partial charge in [-0.2, -0.15) is 9.40 Å². The number of thiophene rings is 1. The molecule has 0 atom stereocenters. The zero-order valence-electron chi connectivity index (χ0n) is 12.9. The fraction of sp³-hybridized carbons (Fsp3) is 0.467. The van der Waals surface area contributed by atoms with E-state index in [0.717, 1.165) is 30.6 Å². The molecular weight excluding hydrogens is 334 g/mol. The van der Waals surface area contributed by atoms with Crippen molar-refractivity contribution in [1.29, 1.82) is 0 Å². The van der Waals surface area contributed by atoms with E-state index in [0.29, 0.717) is 9.90 Å². The van der Waals surface area contributed by atoms with Crippen LogP contribution in [0.5, 0.6) is 0 Å². The summed E-state index contributed by atoms with van der Waals surface area (Å²) in [6.07, 6.45) is 5.21. The number of H-pyrrole nitrogens is 1. The van der Waals surface area contributed by atoms with E-state index >= 15 is 0 Å². The van der Waals surface area contributed by atoms with Gasteiger partial charge in [0.25, 0.3) is 15.6 Å². The average Bonchev–Trinajstić information content (AvgIpc) is 3.06. The van der Waals surface area contributed by atoms with Gasteiger partial charge >= 0.3 is 0 Å². The van der Waals surface area contributed by atoms with Crippen LogP contribution in [0.2, 0.25) is 0 Å². The number of aromatic nitrogens is 2. The van der Waals surface area contributed by atoms with Crippen molar-refractivity contribution in [2.75, 3.05) is 7.05 Å². The number of sulfonamides is 1. The maximum Gasteiger partial charge on any atom is 0.264 e. The van der Waals surface area contributed by atoms with Crippen LogP contribution in [-0.2, 0) is 10.0 Å². The van der Waals surface area contributed by atoms with Crippen LogP contribution in [0.1, 0.15) is 32.1 Å². The van der Waals surface area contributed by atoms with E-state index < -0.39 is 10.0 Å². The molecule has 0 radical (unpaired) electrons. The minimum atomic E-state index is -3.48. The Bertz CT molecular complexity index is 815. The Morgan fingerprint density at radius 2 is 1.91 bits per heavy atom. The van der Waals surface area contributed by atoms with Gasteiger partial charge in [0.05, 0.1) is 4.88 Å². The normalized spacial score (nSPS) is 16.8. The first kappa shape index (κ1) is 16.4. The van der Waals surface area contributed by atoms with Gasteiger partial charge in [0.15, 0.2) is 0 Å². The predicted octanol–water partition coefficient (Wildman–Crippen LogP) is 2.45. The first-order chi connectivity index (χ1) is 11.0. The van der Waals surface area contributed by atoms with Crippen LogP contribution in [-0.4, -0.2) is 36.0 Å². The Morgan fingerprint density at radius 1 is 1.17 bits per heavy atom. The van der Waals surface area contributed by atoms with Crippen molar-refractivity contribution in [2.45, 2.75) is 42.4 Å². The van der Waals surface area contributed by atoms with Crippen molar-refractivity contribution >= 4 is 21.4 Å². The van der Waals surface area contributed by atoms with Gasteiger partial charge in [-0.25, -0.2) is 13.5 Å². The number of rotatable bonds is 4. The molecule has 0 saturated heterocycles. The van der Waals surface area contributed by atoms with Gasteiger partial charge in [0.1, 0.15) is 9.90 Å². The Kier molecular flexibility index (Phi) is 4.65. The molecule has 1 saturated carbocycles. The van der Waals surface area contributed by atoms with Gasteiger partial charge in [-0.1, -0.05) is 19.3 Å². The van der Waals surface area contributed by atoms with E-state index in [1.54, 1.807) is 25.2 Å². The lowest BCUT2D eigenvalue weighted by Gasteiger charge is -2.29. The third-order valence-corrected chi connectivity index (χ3v) is 7.72. The molecule has 0 aliphatic heterocycles. The minimum Gasteiger partial charge on any atom is -0.268 e. The van der Waals surface area contributed by atoms with E-state index in [1.807, 2.05) is 0 Å². The van der Waals surface area contributed by atoms with Crippen LogP contribution >= 0.6 is 11.3 Å². The summed E-state index contributed by atoms with van der Waals surface area (Å²) in [4.78, 5) is 11.8. The smallest absolute Gasteiger partial charge is 0.264 e. The lowest BCUT2D eigenvalue weighted by Crippen LogP contribution is -2.37. The summed E-state index contributed by atoms with van der Waals surface area (Å²) in [7, 11) is -1.81. The Hall–Kier alpha value is -1.51. The van der Waals surface area contributed by atoms with Crippen LogP contribution in [0.25, 0.3) is 10.6 Å². The second-order valence-electron chi connectivity index (χ2n) is 5.74. The van der Waals surface area contributed by atoms with Gasteiger partial charge in [0.2, 0.25) is 0 Å². The standard InChI is InChI=1S/C15H19N3O3S2/c1-18(11-5-3-2-4-6-11)23(20,21)15-10-8-13(22-15)12-7-9-14(19)17-16-12/h7-11H,2-6H2,1H3,(H,17,19). The topological polar surface area (TPSA) is 83.1 Å². The SMILES string of the molecule is CN(C1CCCCC1)S(=O)(=O)c1ccc(-c2ccc(=O)[nH]n2)s1. The largest absolute Gasteiger partial charge is 0.268 e. The van der Waals surface area contributed by atoms with Crippen molar-refractivity contribution in [1.82, 2.24) is 14.5 Å². The van der Waals surface area contributed by atoms with E-state index in [9.17, 15) is 13.2 Å². The zero-order valence-corrected chi connectivity index (χ0v) is 14.5. The minimum absolute atomic E-state index is 0.0884. The summed E-state index contributed by atoms with van der Waals surface area (Å²) in [6, 6.07) is 6.40. The van der Waals surface area contributed by atoms with Crippen LogP contribution in [0.15, 0.2) is 33.3 Å². The molecule has 0 spiro atoms. The molecule has 0 aromatic carbocycles. The molecule has 2 aromatic heterocycles. The Balaban J connectivity index is 1.86. The molecular formula is C15H19N3O3S2. The molecule has 0 bridgehead atoms. The molecule has 2 aromatic rings. The molecule has 6 nitrogen and oxygen atoms in total. The van der Waals surface area contributed by atoms with Gasteiger partial charge in [-0.15, -0.1) is 11.3 Å². The summed E-state index contributed by atoms with van der Waals surface area (Å²) in [6.45, 7) is 0. The summed E-state index contributed by atoms with van der Waals surface area (Å²) >= 11 is 1.18. The molecule has 124 valence electrons. The molecule has 2 heterocycles. The second-order valence-corrected chi connectivity index (χ2v) is 9.05. The Morgan fingerprint density at radius 3 is 2.57 bits per heavy atom. The van der Waals surface area contributed by atoms with Gasteiger partial charge in [-0.05, 0) is 31.0 Å².